The smallest absolute Gasteiger partial charge is 0.407 e. The first-order valence-corrected chi connectivity index (χ1v) is 13.0. The van der Waals surface area contributed by atoms with Gasteiger partial charge in [-0.15, -0.1) is 0 Å². The highest BCUT2D eigenvalue weighted by atomic mass is 32.2. The van der Waals surface area contributed by atoms with Crippen LogP contribution in [0.3, 0.4) is 0 Å². The predicted molar refractivity (Wildman–Crippen MR) is 128 cm³/mol. The van der Waals surface area contributed by atoms with E-state index < -0.39 is 51.7 Å². The molecule has 0 aromatic heterocycles. The Labute approximate surface area is 203 Å². The second kappa shape index (κ2) is 10.4. The van der Waals surface area contributed by atoms with E-state index in [1.807, 2.05) is 48.5 Å². The van der Waals surface area contributed by atoms with Gasteiger partial charge in [0.05, 0.1) is 12.3 Å². The number of carbonyl (C=O) groups excluding carboxylic acids is 2. The van der Waals surface area contributed by atoms with Gasteiger partial charge in [-0.05, 0) is 35.6 Å². The molecule has 1 aliphatic rings. The zero-order valence-corrected chi connectivity index (χ0v) is 20.2. The molecule has 3 rings (SSSR count). The molecule has 1 aliphatic carbocycles. The Morgan fingerprint density at radius 2 is 1.60 bits per heavy atom. The Hall–Kier alpha value is -3.44. The number of benzene rings is 2. The quantitative estimate of drug-likeness (QED) is 0.377. The number of carboxylic acid groups (broad SMARTS) is 1. The van der Waals surface area contributed by atoms with E-state index in [1.54, 1.807) is 0 Å². The number of amides is 2. The van der Waals surface area contributed by atoms with E-state index in [0.29, 0.717) is 0 Å². The molecule has 0 saturated carbocycles. The molecular weight excluding hydrogens is 476 g/mol. The van der Waals surface area contributed by atoms with Gasteiger partial charge in [-0.1, -0.05) is 48.5 Å². The van der Waals surface area contributed by atoms with Gasteiger partial charge in [0.25, 0.3) is 0 Å². The Balaban J connectivity index is 1.67. The fraction of sp³-hybridized carbons (Fsp3) is 0.375. The van der Waals surface area contributed by atoms with Crippen LogP contribution >= 0.6 is 0 Å². The number of sulfone groups is 1. The van der Waals surface area contributed by atoms with Crippen LogP contribution in [0.15, 0.2) is 48.5 Å². The molecule has 0 aliphatic heterocycles. The van der Waals surface area contributed by atoms with Crippen LogP contribution in [-0.4, -0.2) is 73.4 Å². The van der Waals surface area contributed by atoms with E-state index in [2.05, 4.69) is 10.6 Å². The molecule has 188 valence electrons. The molecule has 0 saturated heterocycles. The maximum absolute atomic E-state index is 12.6. The zero-order chi connectivity index (χ0) is 25.8. The minimum atomic E-state index is -3.45. The molecule has 2 unspecified atom stereocenters. The number of aliphatic hydroxyl groups is 1. The van der Waals surface area contributed by atoms with Gasteiger partial charge < -0.3 is 25.6 Å². The number of nitrogens with one attached hydrogen (secondary N) is 2. The standard InChI is InChI=1S/C24H28N2O8S/c1-24(31,22(28)29)14-25-21(27)20(11-12-35(2,32)33)26-23(30)34-13-19-17-9-5-3-7-15(17)16-8-4-6-10-18(16)19/h3-10,19-20,31H,11-14H2,1-2H3,(H,25,27)(H,26,30)(H,28,29). The van der Waals surface area contributed by atoms with Crippen LogP contribution in [0.1, 0.15) is 30.4 Å². The molecule has 10 nitrogen and oxygen atoms in total. The van der Waals surface area contributed by atoms with Gasteiger partial charge in [-0.3, -0.25) is 4.79 Å². The topological polar surface area (TPSA) is 159 Å². The Bertz CT molecular complexity index is 1180. The number of ether oxygens (including phenoxy) is 1. The molecule has 35 heavy (non-hydrogen) atoms. The molecule has 2 amide bonds. The summed E-state index contributed by atoms with van der Waals surface area (Å²) in [6.45, 7) is 0.358. The van der Waals surface area contributed by atoms with Crippen molar-refractivity contribution in [2.45, 2.75) is 30.9 Å². The summed E-state index contributed by atoms with van der Waals surface area (Å²) >= 11 is 0. The zero-order valence-electron chi connectivity index (χ0n) is 19.4. The first-order chi connectivity index (χ1) is 16.4. The maximum atomic E-state index is 12.6. The fourth-order valence-corrected chi connectivity index (χ4v) is 4.50. The van der Waals surface area contributed by atoms with Crippen LogP contribution in [0.4, 0.5) is 4.79 Å². The van der Waals surface area contributed by atoms with Gasteiger partial charge in [0, 0.05) is 12.2 Å². The third-order valence-electron chi connectivity index (χ3n) is 5.80. The molecule has 4 N–H and O–H groups in total. The van der Waals surface area contributed by atoms with Crippen molar-refractivity contribution in [2.75, 3.05) is 25.2 Å². The van der Waals surface area contributed by atoms with E-state index in [-0.39, 0.29) is 18.9 Å². The lowest BCUT2D eigenvalue weighted by molar-refractivity contribution is -0.156. The van der Waals surface area contributed by atoms with E-state index in [9.17, 15) is 27.9 Å². The summed E-state index contributed by atoms with van der Waals surface area (Å²) in [6.07, 6.45) is -0.195. The molecule has 2 aromatic carbocycles. The van der Waals surface area contributed by atoms with Crippen molar-refractivity contribution in [3.05, 3.63) is 59.7 Å². The van der Waals surface area contributed by atoms with E-state index in [4.69, 9.17) is 9.84 Å². The van der Waals surface area contributed by atoms with Gasteiger partial charge in [-0.2, -0.15) is 0 Å². The highest BCUT2D eigenvalue weighted by Crippen LogP contribution is 2.44. The van der Waals surface area contributed by atoms with Crippen molar-refractivity contribution in [1.82, 2.24) is 10.6 Å². The lowest BCUT2D eigenvalue weighted by Crippen LogP contribution is -2.53. The highest BCUT2D eigenvalue weighted by molar-refractivity contribution is 7.90. The molecule has 0 bridgehead atoms. The van der Waals surface area contributed by atoms with E-state index in [1.165, 1.54) is 0 Å². The Morgan fingerprint density at radius 3 is 2.11 bits per heavy atom. The lowest BCUT2D eigenvalue weighted by Gasteiger charge is -2.22. The van der Waals surface area contributed by atoms with Crippen molar-refractivity contribution < 1.29 is 37.8 Å². The summed E-state index contributed by atoms with van der Waals surface area (Å²) in [5, 5.41) is 23.4. The third-order valence-corrected chi connectivity index (χ3v) is 6.77. The number of carbonyl (C=O) groups is 3. The van der Waals surface area contributed by atoms with Gasteiger partial charge in [0.15, 0.2) is 5.60 Å². The number of fused-ring (bicyclic) bond motifs is 3. The van der Waals surface area contributed by atoms with Gasteiger partial charge >= 0.3 is 12.1 Å². The normalized spacial score (nSPS) is 15.3. The number of hydrogen-bond donors (Lipinski definition) is 4. The highest BCUT2D eigenvalue weighted by Gasteiger charge is 2.33. The van der Waals surface area contributed by atoms with E-state index in [0.717, 1.165) is 35.4 Å². The van der Waals surface area contributed by atoms with Crippen LogP contribution < -0.4 is 10.6 Å². The fourth-order valence-electron chi connectivity index (χ4n) is 3.84. The molecule has 0 fully saturated rings. The molecule has 0 heterocycles. The molecule has 0 spiro atoms. The van der Waals surface area contributed by atoms with Crippen LogP contribution in [-0.2, 0) is 24.2 Å². The first-order valence-electron chi connectivity index (χ1n) is 10.9. The van der Waals surface area contributed by atoms with Gasteiger partial charge in [0.2, 0.25) is 5.91 Å². The van der Waals surface area contributed by atoms with E-state index >= 15 is 0 Å². The van der Waals surface area contributed by atoms with Crippen molar-refractivity contribution >= 4 is 27.8 Å². The summed E-state index contributed by atoms with van der Waals surface area (Å²) < 4.78 is 28.6. The minimum Gasteiger partial charge on any atom is -0.479 e. The number of hydrogen-bond acceptors (Lipinski definition) is 7. The summed E-state index contributed by atoms with van der Waals surface area (Å²) in [5.41, 5.74) is 1.87. The first kappa shape index (κ1) is 26.2. The van der Waals surface area contributed by atoms with Crippen LogP contribution in [0, 0.1) is 0 Å². The van der Waals surface area contributed by atoms with Crippen LogP contribution in [0.25, 0.3) is 11.1 Å². The van der Waals surface area contributed by atoms with Crippen LogP contribution in [0.5, 0.6) is 0 Å². The van der Waals surface area contributed by atoms with Gasteiger partial charge in [0.1, 0.15) is 22.5 Å². The van der Waals surface area contributed by atoms with Crippen LogP contribution in [0.2, 0.25) is 0 Å². The molecule has 2 atom stereocenters. The summed E-state index contributed by atoms with van der Waals surface area (Å²) in [6, 6.07) is 14.2. The number of aliphatic carboxylic acids is 1. The van der Waals surface area contributed by atoms with Crippen molar-refractivity contribution in [3.8, 4) is 11.1 Å². The number of carboxylic acids is 1. The average molecular weight is 505 g/mol. The SMILES string of the molecule is CC(O)(CNC(=O)C(CCS(C)(=O)=O)NC(=O)OCC1c2ccccc2-c2ccccc21)C(=O)O. The maximum Gasteiger partial charge on any atom is 0.407 e. The third kappa shape index (κ3) is 6.58. The summed E-state index contributed by atoms with van der Waals surface area (Å²) in [7, 11) is -3.45. The van der Waals surface area contributed by atoms with Gasteiger partial charge in [-0.25, -0.2) is 18.0 Å². The predicted octanol–water partition coefficient (Wildman–Crippen LogP) is 1.28. The average Bonchev–Trinajstić information content (AvgIpc) is 3.12. The Morgan fingerprint density at radius 1 is 1.06 bits per heavy atom. The molecule has 11 heteroatoms. The minimum absolute atomic E-state index is 0.00595. The van der Waals surface area contributed by atoms with Crippen molar-refractivity contribution in [1.29, 1.82) is 0 Å². The number of rotatable bonds is 10. The summed E-state index contributed by atoms with van der Waals surface area (Å²) in [4.78, 5) is 36.2. The summed E-state index contributed by atoms with van der Waals surface area (Å²) in [5.74, 6) is -3.00. The Kier molecular flexibility index (Phi) is 7.81. The van der Waals surface area contributed by atoms with Crippen molar-refractivity contribution in [2.24, 2.45) is 0 Å². The number of alkyl carbamates (subject to hydrolysis) is 1. The lowest BCUT2D eigenvalue weighted by atomic mass is 9.98. The monoisotopic (exact) mass is 504 g/mol. The van der Waals surface area contributed by atoms with Crippen molar-refractivity contribution in [3.63, 3.8) is 0 Å². The second-order valence-electron chi connectivity index (χ2n) is 8.74. The second-order valence-corrected chi connectivity index (χ2v) is 11.0. The molecular formula is C24H28N2O8S. The molecule has 0 radical (unpaired) electrons. The molecule has 2 aromatic rings. The largest absolute Gasteiger partial charge is 0.479 e.